The summed E-state index contributed by atoms with van der Waals surface area (Å²) in [5.74, 6) is 0.128. The summed E-state index contributed by atoms with van der Waals surface area (Å²) >= 11 is 0. The van der Waals surface area contributed by atoms with Crippen molar-refractivity contribution in [1.82, 2.24) is 0 Å². The molecular formula is C18H20N2O. The fraction of sp³-hybridized carbons (Fsp3) is 0.278. The second-order valence-electron chi connectivity index (χ2n) is 5.50. The second kappa shape index (κ2) is 6.00. The number of rotatable bonds is 3. The predicted molar refractivity (Wildman–Crippen MR) is 86.8 cm³/mol. The van der Waals surface area contributed by atoms with Crippen LogP contribution in [0.1, 0.15) is 17.5 Å². The Balaban J connectivity index is 1.69. The van der Waals surface area contributed by atoms with Crippen molar-refractivity contribution < 1.29 is 4.79 Å². The smallest absolute Gasteiger partial charge is 0.246 e. The van der Waals surface area contributed by atoms with Gasteiger partial charge in [-0.25, -0.2) is 0 Å². The number of anilines is 2. The van der Waals surface area contributed by atoms with E-state index in [1.165, 1.54) is 11.1 Å². The maximum atomic E-state index is 12.5. The van der Waals surface area contributed by atoms with Gasteiger partial charge in [-0.3, -0.25) is 4.79 Å². The third kappa shape index (κ3) is 3.07. The largest absolute Gasteiger partial charge is 0.376 e. The number of hydrogen-bond acceptors (Lipinski definition) is 2. The molecule has 1 N–H and O–H groups in total. The molecule has 0 unspecified atom stereocenters. The molecule has 0 saturated heterocycles. The van der Waals surface area contributed by atoms with Gasteiger partial charge in [0.25, 0.3) is 0 Å². The van der Waals surface area contributed by atoms with E-state index >= 15 is 0 Å². The van der Waals surface area contributed by atoms with Gasteiger partial charge in [-0.2, -0.15) is 0 Å². The Hall–Kier alpha value is -2.29. The van der Waals surface area contributed by atoms with Gasteiger partial charge >= 0.3 is 0 Å². The average molecular weight is 280 g/mol. The normalized spacial score (nSPS) is 13.7. The summed E-state index contributed by atoms with van der Waals surface area (Å²) in [5, 5.41) is 3.22. The number of para-hydroxylation sites is 1. The van der Waals surface area contributed by atoms with Gasteiger partial charge in [0.05, 0.1) is 6.54 Å². The summed E-state index contributed by atoms with van der Waals surface area (Å²) in [4.78, 5) is 14.4. The zero-order chi connectivity index (χ0) is 14.7. The molecule has 2 aromatic carbocycles. The van der Waals surface area contributed by atoms with Crippen molar-refractivity contribution in [3.05, 3.63) is 59.7 Å². The standard InChI is InChI=1S/C18H20N2O/c1-14-6-4-9-16(12-14)19-13-18(21)20-11-5-8-15-7-2-3-10-17(15)20/h2-4,6-7,9-10,12,19H,5,8,11,13H2,1H3. The molecule has 0 bridgehead atoms. The van der Waals surface area contributed by atoms with Gasteiger partial charge in [-0.15, -0.1) is 0 Å². The molecule has 21 heavy (non-hydrogen) atoms. The number of nitrogens with one attached hydrogen (secondary N) is 1. The van der Waals surface area contributed by atoms with Crippen LogP contribution in [-0.2, 0) is 11.2 Å². The monoisotopic (exact) mass is 280 g/mol. The van der Waals surface area contributed by atoms with Gasteiger partial charge in [-0.1, -0.05) is 30.3 Å². The molecule has 0 aromatic heterocycles. The fourth-order valence-electron chi connectivity index (χ4n) is 2.82. The molecule has 0 atom stereocenters. The molecule has 1 aliphatic heterocycles. The minimum atomic E-state index is 0.128. The van der Waals surface area contributed by atoms with E-state index in [-0.39, 0.29) is 5.91 Å². The molecule has 0 radical (unpaired) electrons. The highest BCUT2D eigenvalue weighted by Gasteiger charge is 2.21. The Bertz CT molecular complexity index is 651. The van der Waals surface area contributed by atoms with E-state index < -0.39 is 0 Å². The van der Waals surface area contributed by atoms with E-state index in [0.29, 0.717) is 6.54 Å². The molecule has 0 aliphatic carbocycles. The lowest BCUT2D eigenvalue weighted by Crippen LogP contribution is -2.39. The van der Waals surface area contributed by atoms with Crippen molar-refractivity contribution in [3.63, 3.8) is 0 Å². The van der Waals surface area contributed by atoms with Crippen molar-refractivity contribution in [1.29, 1.82) is 0 Å². The SMILES string of the molecule is Cc1cccc(NCC(=O)N2CCCc3ccccc32)c1. The molecule has 1 aliphatic rings. The first-order valence-electron chi connectivity index (χ1n) is 7.43. The van der Waals surface area contributed by atoms with Gasteiger partial charge < -0.3 is 10.2 Å². The molecule has 3 nitrogen and oxygen atoms in total. The predicted octanol–water partition coefficient (Wildman–Crippen LogP) is 3.39. The number of hydrogen-bond donors (Lipinski definition) is 1. The lowest BCUT2D eigenvalue weighted by molar-refractivity contribution is -0.117. The van der Waals surface area contributed by atoms with Gasteiger partial charge in [0.15, 0.2) is 0 Å². The van der Waals surface area contributed by atoms with Crippen molar-refractivity contribution in [2.24, 2.45) is 0 Å². The summed E-state index contributed by atoms with van der Waals surface area (Å²) in [6.45, 7) is 3.19. The lowest BCUT2D eigenvalue weighted by atomic mass is 10.0. The van der Waals surface area contributed by atoms with Crippen LogP contribution in [0, 0.1) is 6.92 Å². The minimum absolute atomic E-state index is 0.128. The van der Waals surface area contributed by atoms with Crippen LogP contribution in [0.15, 0.2) is 48.5 Å². The van der Waals surface area contributed by atoms with Crippen molar-refractivity contribution in [2.45, 2.75) is 19.8 Å². The Labute approximate surface area is 125 Å². The van der Waals surface area contributed by atoms with E-state index in [4.69, 9.17) is 0 Å². The zero-order valence-corrected chi connectivity index (χ0v) is 12.3. The third-order valence-electron chi connectivity index (χ3n) is 3.87. The van der Waals surface area contributed by atoms with Crippen LogP contribution in [0.2, 0.25) is 0 Å². The molecule has 1 amide bonds. The third-order valence-corrected chi connectivity index (χ3v) is 3.87. The van der Waals surface area contributed by atoms with Crippen molar-refractivity contribution in [3.8, 4) is 0 Å². The Morgan fingerprint density at radius 2 is 2.05 bits per heavy atom. The van der Waals surface area contributed by atoms with E-state index in [1.54, 1.807) is 0 Å². The van der Waals surface area contributed by atoms with Crippen LogP contribution in [0.3, 0.4) is 0 Å². The van der Waals surface area contributed by atoms with Gasteiger partial charge in [0.2, 0.25) is 5.91 Å². The van der Waals surface area contributed by atoms with Crippen molar-refractivity contribution in [2.75, 3.05) is 23.3 Å². The number of carbonyl (C=O) groups excluding carboxylic acids is 1. The Morgan fingerprint density at radius 1 is 1.19 bits per heavy atom. The quantitative estimate of drug-likeness (QED) is 0.934. The molecule has 1 heterocycles. The van der Waals surface area contributed by atoms with E-state index in [9.17, 15) is 4.79 Å². The summed E-state index contributed by atoms with van der Waals surface area (Å²) in [5.41, 5.74) is 4.52. The molecular weight excluding hydrogens is 260 g/mol. The maximum Gasteiger partial charge on any atom is 0.246 e. The highest BCUT2D eigenvalue weighted by Crippen LogP contribution is 2.26. The fourth-order valence-corrected chi connectivity index (χ4v) is 2.82. The first kappa shape index (κ1) is 13.7. The number of benzene rings is 2. The van der Waals surface area contributed by atoms with Crippen LogP contribution < -0.4 is 10.2 Å². The van der Waals surface area contributed by atoms with Gasteiger partial charge in [0.1, 0.15) is 0 Å². The van der Waals surface area contributed by atoms with Crippen LogP contribution in [-0.4, -0.2) is 19.0 Å². The topological polar surface area (TPSA) is 32.3 Å². The molecule has 3 heteroatoms. The van der Waals surface area contributed by atoms with Crippen molar-refractivity contribution >= 4 is 17.3 Å². The first-order valence-corrected chi connectivity index (χ1v) is 7.43. The molecule has 3 rings (SSSR count). The van der Waals surface area contributed by atoms with E-state index in [1.807, 2.05) is 48.2 Å². The molecule has 2 aromatic rings. The van der Waals surface area contributed by atoms with Gasteiger partial charge in [-0.05, 0) is 49.1 Å². The number of nitrogens with zero attached hydrogens (tertiary/aromatic N) is 1. The summed E-state index contributed by atoms with van der Waals surface area (Å²) in [6, 6.07) is 16.3. The molecule has 108 valence electrons. The Morgan fingerprint density at radius 3 is 2.90 bits per heavy atom. The highest BCUT2D eigenvalue weighted by atomic mass is 16.2. The van der Waals surface area contributed by atoms with Crippen LogP contribution in [0.5, 0.6) is 0 Å². The van der Waals surface area contributed by atoms with Crippen LogP contribution in [0.4, 0.5) is 11.4 Å². The molecule has 0 spiro atoms. The highest BCUT2D eigenvalue weighted by molar-refractivity contribution is 5.97. The summed E-state index contributed by atoms with van der Waals surface area (Å²) in [7, 11) is 0. The van der Waals surface area contributed by atoms with E-state index in [2.05, 4.69) is 17.4 Å². The van der Waals surface area contributed by atoms with Crippen LogP contribution in [0.25, 0.3) is 0 Å². The number of amides is 1. The average Bonchev–Trinajstić information content (AvgIpc) is 2.52. The molecule has 0 fully saturated rings. The van der Waals surface area contributed by atoms with Gasteiger partial charge in [0, 0.05) is 17.9 Å². The summed E-state index contributed by atoms with van der Waals surface area (Å²) < 4.78 is 0. The Kier molecular flexibility index (Phi) is 3.91. The lowest BCUT2D eigenvalue weighted by Gasteiger charge is -2.29. The first-order chi connectivity index (χ1) is 10.2. The second-order valence-corrected chi connectivity index (χ2v) is 5.50. The summed E-state index contributed by atoms with van der Waals surface area (Å²) in [6.07, 6.45) is 2.10. The number of carbonyl (C=O) groups is 1. The van der Waals surface area contributed by atoms with E-state index in [0.717, 1.165) is 30.8 Å². The number of aryl methyl sites for hydroxylation is 2. The zero-order valence-electron chi connectivity index (χ0n) is 12.3. The minimum Gasteiger partial charge on any atom is -0.376 e. The maximum absolute atomic E-state index is 12.5. The molecule has 0 saturated carbocycles. The number of fused-ring (bicyclic) bond motifs is 1. The van der Waals surface area contributed by atoms with Crippen LogP contribution >= 0.6 is 0 Å².